The summed E-state index contributed by atoms with van der Waals surface area (Å²) < 4.78 is 2.35. The zero-order chi connectivity index (χ0) is 13.1. The lowest BCUT2D eigenvalue weighted by molar-refractivity contribution is -0.172. The third-order valence-electron chi connectivity index (χ3n) is 3.17. The molecule has 1 aromatic carbocycles. The standard InChI is InChI=1S/C12H12BrN3O2/c1-7-6-10-12(17,18)15(2)11-8(13)4-3-5-9(11)16(10)14-7/h3-6,17-18H,1-2H3. The van der Waals surface area contributed by atoms with Crippen LogP contribution >= 0.6 is 15.9 Å². The molecule has 5 nitrogen and oxygen atoms in total. The number of hydrogen-bond donors (Lipinski definition) is 2. The van der Waals surface area contributed by atoms with Crippen molar-refractivity contribution >= 4 is 21.6 Å². The quantitative estimate of drug-likeness (QED) is 0.724. The number of anilines is 1. The summed E-state index contributed by atoms with van der Waals surface area (Å²) >= 11 is 3.43. The molecule has 0 unspecified atom stereocenters. The highest BCUT2D eigenvalue weighted by atomic mass is 79.9. The lowest BCUT2D eigenvalue weighted by atomic mass is 10.1. The Kier molecular flexibility index (Phi) is 2.32. The number of para-hydroxylation sites is 1. The van der Waals surface area contributed by atoms with E-state index in [1.54, 1.807) is 17.8 Å². The van der Waals surface area contributed by atoms with E-state index in [4.69, 9.17) is 0 Å². The molecule has 0 saturated heterocycles. The summed E-state index contributed by atoms with van der Waals surface area (Å²) in [5, 5.41) is 24.9. The Balaban J connectivity index is 2.40. The van der Waals surface area contributed by atoms with Gasteiger partial charge in [0.05, 0.1) is 17.1 Å². The van der Waals surface area contributed by atoms with Gasteiger partial charge in [-0.25, -0.2) is 4.68 Å². The zero-order valence-corrected chi connectivity index (χ0v) is 11.5. The van der Waals surface area contributed by atoms with Crippen molar-refractivity contribution in [2.24, 2.45) is 0 Å². The van der Waals surface area contributed by atoms with Crippen molar-refractivity contribution in [2.45, 2.75) is 12.8 Å². The topological polar surface area (TPSA) is 61.5 Å². The first-order chi connectivity index (χ1) is 8.43. The van der Waals surface area contributed by atoms with E-state index >= 15 is 0 Å². The number of fused-ring (bicyclic) bond motifs is 3. The predicted molar refractivity (Wildman–Crippen MR) is 70.5 cm³/mol. The van der Waals surface area contributed by atoms with Gasteiger partial charge in [-0.15, -0.1) is 0 Å². The Morgan fingerprint density at radius 3 is 2.78 bits per heavy atom. The normalized spacial score (nSPS) is 16.4. The third-order valence-corrected chi connectivity index (χ3v) is 3.81. The van der Waals surface area contributed by atoms with E-state index in [2.05, 4.69) is 21.0 Å². The number of halogens is 1. The Morgan fingerprint density at radius 2 is 2.06 bits per heavy atom. The maximum Gasteiger partial charge on any atom is 0.293 e. The van der Waals surface area contributed by atoms with Crippen LogP contribution in [0.3, 0.4) is 0 Å². The Morgan fingerprint density at radius 1 is 1.33 bits per heavy atom. The molecule has 0 bridgehead atoms. The summed E-state index contributed by atoms with van der Waals surface area (Å²) in [4.78, 5) is 1.42. The van der Waals surface area contributed by atoms with Gasteiger partial charge in [0.15, 0.2) is 0 Å². The number of aryl methyl sites for hydroxylation is 1. The summed E-state index contributed by atoms with van der Waals surface area (Å²) in [5.74, 6) is -2.07. The van der Waals surface area contributed by atoms with Crippen LogP contribution < -0.4 is 4.90 Å². The number of hydrogen-bond acceptors (Lipinski definition) is 4. The van der Waals surface area contributed by atoms with Crippen LogP contribution in [-0.2, 0) is 5.91 Å². The SMILES string of the molecule is Cc1cc2n(n1)-c1cccc(Br)c1N(C)C2(O)O. The van der Waals surface area contributed by atoms with Crippen molar-refractivity contribution in [3.8, 4) is 5.69 Å². The second-order valence-electron chi connectivity index (χ2n) is 4.38. The first-order valence-corrected chi connectivity index (χ1v) is 6.27. The molecule has 0 fully saturated rings. The van der Waals surface area contributed by atoms with E-state index < -0.39 is 5.91 Å². The van der Waals surface area contributed by atoms with E-state index in [0.717, 1.165) is 15.9 Å². The molecule has 1 aromatic heterocycles. The monoisotopic (exact) mass is 309 g/mol. The summed E-state index contributed by atoms with van der Waals surface area (Å²) in [5.41, 5.74) is 2.58. The van der Waals surface area contributed by atoms with Gasteiger partial charge in [0, 0.05) is 11.5 Å². The third kappa shape index (κ3) is 1.36. The number of rotatable bonds is 0. The fourth-order valence-corrected chi connectivity index (χ4v) is 2.88. The van der Waals surface area contributed by atoms with E-state index in [1.165, 1.54) is 4.90 Å². The fourth-order valence-electron chi connectivity index (χ4n) is 2.26. The van der Waals surface area contributed by atoms with Crippen LogP contribution in [0.2, 0.25) is 0 Å². The first kappa shape index (κ1) is 11.7. The van der Waals surface area contributed by atoms with Gasteiger partial charge < -0.3 is 15.1 Å². The smallest absolute Gasteiger partial charge is 0.293 e. The summed E-state index contributed by atoms with van der Waals surface area (Å²) in [6.45, 7) is 1.82. The molecule has 1 aliphatic heterocycles. The van der Waals surface area contributed by atoms with Gasteiger partial charge in [0.1, 0.15) is 5.69 Å². The molecule has 0 aliphatic carbocycles. The molecule has 3 rings (SSSR count). The van der Waals surface area contributed by atoms with Gasteiger partial charge in [-0.05, 0) is 41.1 Å². The maximum absolute atomic E-state index is 10.3. The fraction of sp³-hybridized carbons (Fsp3) is 0.250. The van der Waals surface area contributed by atoms with Crippen LogP contribution in [0, 0.1) is 6.92 Å². The van der Waals surface area contributed by atoms with E-state index in [9.17, 15) is 10.2 Å². The lowest BCUT2D eigenvalue weighted by Crippen LogP contribution is -2.48. The second kappa shape index (κ2) is 3.57. The van der Waals surface area contributed by atoms with E-state index in [-0.39, 0.29) is 0 Å². The van der Waals surface area contributed by atoms with Crippen LogP contribution in [0.4, 0.5) is 5.69 Å². The van der Waals surface area contributed by atoms with Crippen LogP contribution in [0.25, 0.3) is 5.69 Å². The minimum Gasteiger partial charge on any atom is -0.344 e. The van der Waals surface area contributed by atoms with E-state index in [1.807, 2.05) is 25.1 Å². The largest absolute Gasteiger partial charge is 0.344 e. The van der Waals surface area contributed by atoms with Gasteiger partial charge >= 0.3 is 0 Å². The van der Waals surface area contributed by atoms with Crippen molar-refractivity contribution < 1.29 is 10.2 Å². The van der Waals surface area contributed by atoms with Gasteiger partial charge in [-0.2, -0.15) is 5.10 Å². The zero-order valence-electron chi connectivity index (χ0n) is 9.92. The first-order valence-electron chi connectivity index (χ1n) is 5.47. The molecule has 0 atom stereocenters. The summed E-state index contributed by atoms with van der Waals surface area (Å²) in [6, 6.07) is 7.30. The number of nitrogens with zero attached hydrogens (tertiary/aromatic N) is 3. The highest BCUT2D eigenvalue weighted by molar-refractivity contribution is 9.10. The highest BCUT2D eigenvalue weighted by Crippen LogP contribution is 2.42. The van der Waals surface area contributed by atoms with Gasteiger partial charge in [-0.1, -0.05) is 6.07 Å². The van der Waals surface area contributed by atoms with Crippen LogP contribution in [-0.4, -0.2) is 27.0 Å². The molecule has 0 amide bonds. The Labute approximate surface area is 112 Å². The van der Waals surface area contributed by atoms with Crippen molar-refractivity contribution in [1.82, 2.24) is 9.78 Å². The molecule has 0 radical (unpaired) electrons. The highest BCUT2D eigenvalue weighted by Gasteiger charge is 2.42. The van der Waals surface area contributed by atoms with Gasteiger partial charge in [0.2, 0.25) is 0 Å². The Hall–Kier alpha value is -1.37. The molecular weight excluding hydrogens is 298 g/mol. The average molecular weight is 310 g/mol. The van der Waals surface area contributed by atoms with Crippen molar-refractivity contribution in [3.05, 3.63) is 40.1 Å². The van der Waals surface area contributed by atoms with Crippen molar-refractivity contribution in [3.63, 3.8) is 0 Å². The maximum atomic E-state index is 10.3. The van der Waals surface area contributed by atoms with Crippen LogP contribution in [0.5, 0.6) is 0 Å². The second-order valence-corrected chi connectivity index (χ2v) is 5.24. The number of aliphatic hydroxyl groups is 2. The average Bonchev–Trinajstić information content (AvgIpc) is 2.69. The molecule has 6 heteroatoms. The Bertz CT molecular complexity index is 636. The number of aromatic nitrogens is 2. The molecule has 1 aliphatic rings. The molecule has 94 valence electrons. The molecule has 2 N–H and O–H groups in total. The van der Waals surface area contributed by atoms with E-state index in [0.29, 0.717) is 11.4 Å². The van der Waals surface area contributed by atoms with Crippen LogP contribution in [0.15, 0.2) is 28.7 Å². The van der Waals surface area contributed by atoms with Gasteiger partial charge in [-0.3, -0.25) is 0 Å². The molecule has 18 heavy (non-hydrogen) atoms. The van der Waals surface area contributed by atoms with Crippen LogP contribution in [0.1, 0.15) is 11.4 Å². The molecule has 0 saturated carbocycles. The molecule has 0 spiro atoms. The summed E-state index contributed by atoms with van der Waals surface area (Å²) in [6.07, 6.45) is 0. The molecule has 2 aromatic rings. The number of benzene rings is 1. The minimum absolute atomic E-state index is 0.341. The molecular formula is C12H12BrN3O2. The minimum atomic E-state index is -2.07. The van der Waals surface area contributed by atoms with Gasteiger partial charge in [0.25, 0.3) is 5.91 Å². The summed E-state index contributed by atoms with van der Waals surface area (Å²) in [7, 11) is 1.63. The lowest BCUT2D eigenvalue weighted by Gasteiger charge is -2.39. The molecule has 2 heterocycles. The predicted octanol–water partition coefficient (Wildman–Crippen LogP) is 1.49. The van der Waals surface area contributed by atoms with Crippen molar-refractivity contribution in [1.29, 1.82) is 0 Å². The van der Waals surface area contributed by atoms with Crippen molar-refractivity contribution in [2.75, 3.05) is 11.9 Å².